The van der Waals surface area contributed by atoms with Gasteiger partial charge in [-0.2, -0.15) is 5.10 Å². The number of halogens is 2. The molecule has 0 saturated heterocycles. The van der Waals surface area contributed by atoms with E-state index in [4.69, 9.17) is 33.7 Å². The molecule has 41 heavy (non-hydrogen) atoms. The second kappa shape index (κ2) is 12.0. The maximum absolute atomic E-state index is 11.7. The summed E-state index contributed by atoms with van der Waals surface area (Å²) < 4.78 is 9.98. The van der Waals surface area contributed by atoms with E-state index in [2.05, 4.69) is 18.9 Å². The Morgan fingerprint density at radius 3 is 2.46 bits per heavy atom. The minimum Gasteiger partial charge on any atom is -0.487 e. The van der Waals surface area contributed by atoms with Crippen LogP contribution in [0, 0.1) is 6.92 Å². The fraction of sp³-hybridized carbons (Fsp3) is 0.250. The fourth-order valence-corrected chi connectivity index (χ4v) is 5.80. The summed E-state index contributed by atoms with van der Waals surface area (Å²) in [5.74, 6) is 0.0117. The number of hydrogen-bond donors (Lipinski definition) is 2. The Bertz CT molecular complexity index is 1700. The Labute approximate surface area is 249 Å². The van der Waals surface area contributed by atoms with E-state index in [-0.39, 0.29) is 18.6 Å². The van der Waals surface area contributed by atoms with Crippen molar-refractivity contribution in [2.24, 2.45) is 5.73 Å². The van der Waals surface area contributed by atoms with Crippen LogP contribution in [0.5, 0.6) is 5.75 Å². The number of carboxylic acid groups (broad SMARTS) is 1. The third-order valence-corrected chi connectivity index (χ3v) is 8.00. The maximum atomic E-state index is 11.7. The number of rotatable bonds is 10. The van der Waals surface area contributed by atoms with Gasteiger partial charge in [0.1, 0.15) is 18.0 Å². The molecule has 0 aliphatic rings. The lowest BCUT2D eigenvalue weighted by Crippen LogP contribution is -2.15. The van der Waals surface area contributed by atoms with Crippen molar-refractivity contribution in [1.82, 2.24) is 14.3 Å². The predicted molar refractivity (Wildman–Crippen MR) is 164 cm³/mol. The van der Waals surface area contributed by atoms with Gasteiger partial charge in [-0.1, -0.05) is 67.4 Å². The molecule has 0 bridgehead atoms. The number of fused-ring (bicyclic) bond motifs is 1. The Morgan fingerprint density at radius 1 is 1.05 bits per heavy atom. The standard InChI is InChI=1S/C32H32Cl2N4O3/c1-19(2)24-16-36-38(31-26(33)8-6-9-27(31)34)30(24)18-41-21-11-12-22(20(3)15-21)28(35)13-14-37-17-25(32(39)40)23-7-4-5-10-29(23)37/h4-12,15-17,19,28H,13-14,18,35H2,1-3H3,(H,39,40). The number of aromatic carboxylic acids is 1. The van der Waals surface area contributed by atoms with Gasteiger partial charge in [-0.15, -0.1) is 0 Å². The van der Waals surface area contributed by atoms with E-state index in [1.165, 1.54) is 0 Å². The number of benzene rings is 3. The lowest BCUT2D eigenvalue weighted by molar-refractivity contribution is 0.0698. The molecule has 2 aromatic heterocycles. The number of ether oxygens (including phenoxy) is 1. The molecule has 1 unspecified atom stereocenters. The Morgan fingerprint density at radius 2 is 1.78 bits per heavy atom. The van der Waals surface area contributed by atoms with Gasteiger partial charge in [0.05, 0.1) is 27.5 Å². The molecule has 0 amide bonds. The molecule has 0 fully saturated rings. The number of nitrogens with zero attached hydrogens (tertiary/aromatic N) is 3. The minimum absolute atomic E-state index is 0.227. The van der Waals surface area contributed by atoms with Crippen LogP contribution in [0.4, 0.5) is 0 Å². The van der Waals surface area contributed by atoms with E-state index in [9.17, 15) is 9.90 Å². The number of aromatic nitrogens is 3. The zero-order chi connectivity index (χ0) is 29.3. The normalized spacial score (nSPS) is 12.3. The van der Waals surface area contributed by atoms with Crippen molar-refractivity contribution in [3.63, 3.8) is 0 Å². The van der Waals surface area contributed by atoms with E-state index in [0.717, 1.165) is 33.3 Å². The molecule has 3 aromatic carbocycles. The van der Waals surface area contributed by atoms with Gasteiger partial charge < -0.3 is 20.1 Å². The van der Waals surface area contributed by atoms with Crippen molar-refractivity contribution in [3.05, 3.63) is 111 Å². The van der Waals surface area contributed by atoms with Gasteiger partial charge in [-0.3, -0.25) is 0 Å². The molecule has 0 radical (unpaired) electrons. The first kappa shape index (κ1) is 28.7. The molecular weight excluding hydrogens is 559 g/mol. The molecule has 7 nitrogen and oxygen atoms in total. The van der Waals surface area contributed by atoms with E-state index in [1.807, 2.05) is 60.2 Å². The van der Waals surface area contributed by atoms with Gasteiger partial charge >= 0.3 is 5.97 Å². The summed E-state index contributed by atoms with van der Waals surface area (Å²) in [6.07, 6.45) is 4.17. The highest BCUT2D eigenvalue weighted by Crippen LogP contribution is 2.32. The number of aryl methyl sites for hydroxylation is 2. The molecule has 212 valence electrons. The zero-order valence-electron chi connectivity index (χ0n) is 23.1. The van der Waals surface area contributed by atoms with Gasteiger partial charge in [0, 0.05) is 29.7 Å². The van der Waals surface area contributed by atoms with Gasteiger partial charge in [-0.25, -0.2) is 9.48 Å². The van der Waals surface area contributed by atoms with Crippen LogP contribution in [0.15, 0.2) is 73.1 Å². The summed E-state index contributed by atoms with van der Waals surface area (Å²) in [5.41, 5.74) is 12.4. The van der Waals surface area contributed by atoms with Crippen molar-refractivity contribution < 1.29 is 14.6 Å². The molecule has 0 aliphatic carbocycles. The third-order valence-electron chi connectivity index (χ3n) is 7.39. The van der Waals surface area contributed by atoms with Gasteiger partial charge in [0.25, 0.3) is 0 Å². The molecule has 5 aromatic rings. The summed E-state index contributed by atoms with van der Waals surface area (Å²) >= 11 is 13.0. The number of para-hydroxylation sites is 2. The van der Waals surface area contributed by atoms with Crippen LogP contribution in [0.25, 0.3) is 16.6 Å². The molecule has 9 heteroatoms. The van der Waals surface area contributed by atoms with Gasteiger partial charge in [0.2, 0.25) is 0 Å². The van der Waals surface area contributed by atoms with Crippen molar-refractivity contribution >= 4 is 40.1 Å². The SMILES string of the molecule is Cc1cc(OCc2c(C(C)C)cnn2-c2c(Cl)cccc2Cl)ccc1C(N)CCn1cc(C(=O)O)c2ccccc21. The average Bonchev–Trinajstić information content (AvgIpc) is 3.52. The number of nitrogens with two attached hydrogens (primary N) is 1. The summed E-state index contributed by atoms with van der Waals surface area (Å²) in [7, 11) is 0. The second-order valence-corrected chi connectivity index (χ2v) is 11.3. The number of carbonyl (C=O) groups is 1. The first-order chi connectivity index (χ1) is 19.7. The molecule has 0 spiro atoms. The maximum Gasteiger partial charge on any atom is 0.337 e. The minimum atomic E-state index is -0.936. The molecular formula is C32H32Cl2N4O3. The van der Waals surface area contributed by atoms with E-state index in [0.29, 0.717) is 40.0 Å². The smallest absolute Gasteiger partial charge is 0.337 e. The van der Waals surface area contributed by atoms with Crippen LogP contribution in [-0.4, -0.2) is 25.4 Å². The topological polar surface area (TPSA) is 95.3 Å². The summed E-state index contributed by atoms with van der Waals surface area (Å²) in [4.78, 5) is 11.7. The lowest BCUT2D eigenvalue weighted by Gasteiger charge is -2.18. The summed E-state index contributed by atoms with van der Waals surface area (Å²) in [5, 5.41) is 15.9. The summed E-state index contributed by atoms with van der Waals surface area (Å²) in [6, 6.07) is 18.6. The summed E-state index contributed by atoms with van der Waals surface area (Å²) in [6.45, 7) is 7.12. The second-order valence-electron chi connectivity index (χ2n) is 10.4. The molecule has 0 saturated carbocycles. The predicted octanol–water partition coefficient (Wildman–Crippen LogP) is 7.93. The molecule has 5 rings (SSSR count). The first-order valence-electron chi connectivity index (χ1n) is 13.5. The Hall–Kier alpha value is -3.78. The van der Waals surface area contributed by atoms with Gasteiger partial charge in [-0.05, 0) is 66.3 Å². The highest BCUT2D eigenvalue weighted by molar-refractivity contribution is 6.37. The van der Waals surface area contributed by atoms with E-state index in [1.54, 1.807) is 29.1 Å². The van der Waals surface area contributed by atoms with Crippen LogP contribution in [-0.2, 0) is 13.2 Å². The molecule has 0 aliphatic heterocycles. The lowest BCUT2D eigenvalue weighted by atomic mass is 9.99. The van der Waals surface area contributed by atoms with Crippen LogP contribution < -0.4 is 10.5 Å². The monoisotopic (exact) mass is 590 g/mol. The fourth-order valence-electron chi connectivity index (χ4n) is 5.24. The molecule has 2 heterocycles. The highest BCUT2D eigenvalue weighted by atomic mass is 35.5. The van der Waals surface area contributed by atoms with Crippen molar-refractivity contribution in [2.45, 2.75) is 52.3 Å². The van der Waals surface area contributed by atoms with E-state index >= 15 is 0 Å². The quantitative estimate of drug-likeness (QED) is 0.172. The highest BCUT2D eigenvalue weighted by Gasteiger charge is 2.20. The molecule has 1 atom stereocenters. The van der Waals surface area contributed by atoms with Crippen LogP contribution in [0.1, 0.15) is 65.0 Å². The average molecular weight is 592 g/mol. The van der Waals surface area contributed by atoms with Crippen LogP contribution in [0.3, 0.4) is 0 Å². The van der Waals surface area contributed by atoms with Crippen molar-refractivity contribution in [2.75, 3.05) is 0 Å². The first-order valence-corrected chi connectivity index (χ1v) is 14.2. The molecule has 3 N–H and O–H groups in total. The Balaban J connectivity index is 1.32. The van der Waals surface area contributed by atoms with Gasteiger partial charge in [0.15, 0.2) is 0 Å². The Kier molecular flexibility index (Phi) is 8.40. The number of hydrogen-bond acceptors (Lipinski definition) is 4. The third kappa shape index (κ3) is 5.84. The van der Waals surface area contributed by atoms with Crippen molar-refractivity contribution in [3.8, 4) is 11.4 Å². The van der Waals surface area contributed by atoms with E-state index < -0.39 is 5.97 Å². The van der Waals surface area contributed by atoms with Crippen LogP contribution >= 0.6 is 23.2 Å². The largest absolute Gasteiger partial charge is 0.487 e. The van der Waals surface area contributed by atoms with Crippen molar-refractivity contribution in [1.29, 1.82) is 0 Å². The van der Waals surface area contributed by atoms with Crippen LogP contribution in [0.2, 0.25) is 10.0 Å². The zero-order valence-corrected chi connectivity index (χ0v) is 24.7. The number of carboxylic acids is 1.